The fraction of sp³-hybridized carbons (Fsp3) is 0.647. The zero-order chi connectivity index (χ0) is 16.2. The lowest BCUT2D eigenvalue weighted by atomic mass is 9.80. The van der Waals surface area contributed by atoms with Gasteiger partial charge in [0.2, 0.25) is 0 Å². The van der Waals surface area contributed by atoms with Crippen LogP contribution in [0.4, 0.5) is 4.79 Å². The number of rotatable bonds is 7. The minimum Gasteiger partial charge on any atom is -0.480 e. The predicted molar refractivity (Wildman–Crippen MR) is 83.5 cm³/mol. The van der Waals surface area contributed by atoms with Crippen molar-refractivity contribution in [3.63, 3.8) is 0 Å². The van der Waals surface area contributed by atoms with Crippen molar-refractivity contribution in [1.29, 1.82) is 0 Å². The molecule has 0 saturated heterocycles. The molecule has 2 saturated carbocycles. The van der Waals surface area contributed by atoms with E-state index >= 15 is 0 Å². The Hall–Kier alpha value is -1.78. The van der Waals surface area contributed by atoms with E-state index in [1.807, 2.05) is 13.0 Å². The van der Waals surface area contributed by atoms with Crippen LogP contribution in [0.3, 0.4) is 0 Å². The van der Waals surface area contributed by atoms with Crippen LogP contribution in [0.25, 0.3) is 0 Å². The van der Waals surface area contributed by atoms with E-state index in [0.717, 1.165) is 50.5 Å². The maximum atomic E-state index is 11.9. The molecule has 0 aromatic rings. The number of nitrogens with one attached hydrogen (secondary N) is 1. The van der Waals surface area contributed by atoms with Crippen molar-refractivity contribution in [3.05, 3.63) is 24.3 Å². The number of unbranched alkanes of at least 4 members (excludes halogenated alkanes) is 1. The number of hydrogen-bond donors (Lipinski definition) is 2. The smallest absolute Gasteiger partial charge is 0.408 e. The van der Waals surface area contributed by atoms with Gasteiger partial charge < -0.3 is 15.2 Å². The molecule has 0 spiro atoms. The maximum absolute atomic E-state index is 11.9. The van der Waals surface area contributed by atoms with Gasteiger partial charge in [0.1, 0.15) is 12.1 Å². The lowest BCUT2D eigenvalue weighted by Crippen LogP contribution is -2.50. The van der Waals surface area contributed by atoms with Crippen molar-refractivity contribution in [3.8, 4) is 0 Å². The van der Waals surface area contributed by atoms with E-state index in [9.17, 15) is 14.7 Å². The van der Waals surface area contributed by atoms with Gasteiger partial charge in [-0.2, -0.15) is 0 Å². The Bertz CT molecular complexity index is 477. The molecule has 122 valence electrons. The number of hydrogen-bond acceptors (Lipinski definition) is 3. The number of amides is 1. The Morgan fingerprint density at radius 3 is 2.73 bits per heavy atom. The number of aliphatic carboxylic acids is 1. The topological polar surface area (TPSA) is 75.6 Å². The molecule has 0 bridgehead atoms. The second-order valence-corrected chi connectivity index (χ2v) is 6.52. The van der Waals surface area contributed by atoms with Crippen LogP contribution in [0.1, 0.15) is 51.9 Å². The van der Waals surface area contributed by atoms with E-state index in [2.05, 4.69) is 18.0 Å². The van der Waals surface area contributed by atoms with Gasteiger partial charge in [-0.25, -0.2) is 9.59 Å². The van der Waals surface area contributed by atoms with Crippen molar-refractivity contribution in [2.75, 3.05) is 0 Å². The summed E-state index contributed by atoms with van der Waals surface area (Å²) in [5.74, 6) is -0.987. The summed E-state index contributed by atoms with van der Waals surface area (Å²) >= 11 is 0. The molecule has 0 aromatic carbocycles. The molecule has 0 radical (unpaired) electrons. The summed E-state index contributed by atoms with van der Waals surface area (Å²) in [6, 6.07) is -0.880. The summed E-state index contributed by atoms with van der Waals surface area (Å²) < 4.78 is 5.28. The number of carboxylic acid groups (broad SMARTS) is 1. The summed E-state index contributed by atoms with van der Waals surface area (Å²) in [5, 5.41) is 12.0. The highest BCUT2D eigenvalue weighted by Crippen LogP contribution is 2.41. The highest BCUT2D eigenvalue weighted by atomic mass is 16.6. The number of ether oxygens (including phenoxy) is 1. The molecule has 2 atom stereocenters. The van der Waals surface area contributed by atoms with Gasteiger partial charge in [0.25, 0.3) is 0 Å². The summed E-state index contributed by atoms with van der Waals surface area (Å²) in [6.45, 7) is 5.59. The van der Waals surface area contributed by atoms with E-state index in [1.165, 1.54) is 0 Å². The molecule has 2 aliphatic rings. The van der Waals surface area contributed by atoms with Crippen molar-refractivity contribution in [2.45, 2.75) is 64.0 Å². The van der Waals surface area contributed by atoms with Crippen LogP contribution in [0, 0.1) is 5.41 Å². The van der Waals surface area contributed by atoms with Gasteiger partial charge in [-0.1, -0.05) is 31.9 Å². The second kappa shape index (κ2) is 6.99. The summed E-state index contributed by atoms with van der Waals surface area (Å²) in [7, 11) is 0. The number of carbonyl (C=O) groups excluding carboxylic acids is 1. The van der Waals surface area contributed by atoms with Crippen molar-refractivity contribution in [1.82, 2.24) is 5.32 Å². The first-order valence-electron chi connectivity index (χ1n) is 7.96. The van der Waals surface area contributed by atoms with E-state index in [1.54, 1.807) is 0 Å². The van der Waals surface area contributed by atoms with E-state index in [4.69, 9.17) is 4.74 Å². The largest absolute Gasteiger partial charge is 0.480 e. The Morgan fingerprint density at radius 2 is 2.14 bits per heavy atom. The molecular formula is C17H25NO4. The van der Waals surface area contributed by atoms with Crippen LogP contribution in [-0.2, 0) is 9.53 Å². The Morgan fingerprint density at radius 1 is 1.45 bits per heavy atom. The number of carboxylic acids is 1. The first kappa shape index (κ1) is 16.6. The highest BCUT2D eigenvalue weighted by molar-refractivity contribution is 5.81. The molecule has 2 fully saturated rings. The highest BCUT2D eigenvalue weighted by Gasteiger charge is 2.43. The Balaban J connectivity index is 1.84. The quantitative estimate of drug-likeness (QED) is 0.558. The predicted octanol–water partition coefficient (Wildman–Crippen LogP) is 3.41. The van der Waals surface area contributed by atoms with Gasteiger partial charge in [-0.05, 0) is 36.7 Å². The van der Waals surface area contributed by atoms with Crippen LogP contribution in [0.15, 0.2) is 24.3 Å². The van der Waals surface area contributed by atoms with Crippen LogP contribution in [0.2, 0.25) is 0 Å². The SMILES string of the molecule is C=CCC/C=C1/C[C@H]1OC(=O)N[C@H](C(=O)O)C1(C)CCCC1. The molecule has 0 aliphatic heterocycles. The first-order valence-corrected chi connectivity index (χ1v) is 7.96. The van der Waals surface area contributed by atoms with Crippen LogP contribution in [0.5, 0.6) is 0 Å². The lowest BCUT2D eigenvalue weighted by molar-refractivity contribution is -0.142. The number of alkyl carbamates (subject to hydrolysis) is 1. The molecule has 22 heavy (non-hydrogen) atoms. The second-order valence-electron chi connectivity index (χ2n) is 6.52. The lowest BCUT2D eigenvalue weighted by Gasteiger charge is -2.31. The van der Waals surface area contributed by atoms with Gasteiger partial charge in [0.15, 0.2) is 0 Å². The summed E-state index contributed by atoms with van der Waals surface area (Å²) in [4.78, 5) is 23.4. The molecule has 0 unspecified atom stereocenters. The zero-order valence-corrected chi connectivity index (χ0v) is 13.1. The summed E-state index contributed by atoms with van der Waals surface area (Å²) in [6.07, 6.45) is 9.31. The standard InChI is InChI=1S/C17H25NO4/c1-3-4-5-8-12-11-13(12)22-16(21)18-14(15(19)20)17(2)9-6-7-10-17/h3,8,13-14H,1,4-7,9-11H2,2H3,(H,18,21)(H,19,20)/b12-8-/t13-,14-/m1/s1. The molecule has 5 heteroatoms. The third-order valence-corrected chi connectivity index (χ3v) is 4.65. The van der Waals surface area contributed by atoms with Gasteiger partial charge >= 0.3 is 12.1 Å². The molecule has 0 heterocycles. The Labute approximate surface area is 131 Å². The third kappa shape index (κ3) is 4.12. The average Bonchev–Trinajstić information content (AvgIpc) is 3.03. The van der Waals surface area contributed by atoms with E-state index in [-0.39, 0.29) is 11.5 Å². The van der Waals surface area contributed by atoms with Crippen molar-refractivity contribution < 1.29 is 19.4 Å². The molecular weight excluding hydrogens is 282 g/mol. The minimum absolute atomic E-state index is 0.185. The first-order chi connectivity index (χ1) is 10.5. The molecule has 2 N–H and O–H groups in total. The minimum atomic E-state index is -0.987. The zero-order valence-electron chi connectivity index (χ0n) is 13.1. The number of allylic oxidation sites excluding steroid dienone is 2. The maximum Gasteiger partial charge on any atom is 0.408 e. The van der Waals surface area contributed by atoms with E-state index in [0.29, 0.717) is 0 Å². The van der Waals surface area contributed by atoms with E-state index < -0.39 is 18.1 Å². The van der Waals surface area contributed by atoms with Crippen LogP contribution in [-0.4, -0.2) is 29.3 Å². The molecule has 2 aliphatic carbocycles. The third-order valence-electron chi connectivity index (χ3n) is 4.65. The molecule has 1 amide bonds. The average molecular weight is 307 g/mol. The summed E-state index contributed by atoms with van der Waals surface area (Å²) in [5.41, 5.74) is 0.729. The molecule has 2 rings (SSSR count). The van der Waals surface area contributed by atoms with Gasteiger partial charge in [0.05, 0.1) is 0 Å². The van der Waals surface area contributed by atoms with Crippen LogP contribution >= 0.6 is 0 Å². The monoisotopic (exact) mass is 307 g/mol. The number of carbonyl (C=O) groups is 2. The van der Waals surface area contributed by atoms with Gasteiger partial charge in [0, 0.05) is 6.42 Å². The molecule has 0 aromatic heterocycles. The van der Waals surface area contributed by atoms with Crippen molar-refractivity contribution >= 4 is 12.1 Å². The normalized spacial score (nSPS) is 25.5. The fourth-order valence-corrected chi connectivity index (χ4v) is 3.16. The van der Waals surface area contributed by atoms with Gasteiger partial charge in [-0.15, -0.1) is 6.58 Å². The molecule has 5 nitrogen and oxygen atoms in total. The van der Waals surface area contributed by atoms with Crippen LogP contribution < -0.4 is 5.32 Å². The fourth-order valence-electron chi connectivity index (χ4n) is 3.16. The Kier molecular flexibility index (Phi) is 5.27. The van der Waals surface area contributed by atoms with Gasteiger partial charge in [-0.3, -0.25) is 0 Å². The van der Waals surface area contributed by atoms with Crippen molar-refractivity contribution in [2.24, 2.45) is 5.41 Å².